The summed E-state index contributed by atoms with van der Waals surface area (Å²) in [7, 11) is 0. The summed E-state index contributed by atoms with van der Waals surface area (Å²) in [6.45, 7) is 0. The topological polar surface area (TPSA) is 42.0 Å². The van der Waals surface area contributed by atoms with Gasteiger partial charge < -0.3 is 5.32 Å². The first-order chi connectivity index (χ1) is 12.1. The van der Waals surface area contributed by atoms with Crippen LogP contribution in [0.4, 0.5) is 32.0 Å². The summed E-state index contributed by atoms with van der Waals surface area (Å²) < 4.78 is 77.3. The first-order valence-corrected chi connectivity index (χ1v) is 7.83. The van der Waals surface area contributed by atoms with Crippen LogP contribution in [0.25, 0.3) is 10.2 Å². The van der Waals surface area contributed by atoms with Gasteiger partial charge in [0.25, 0.3) is 5.91 Å². The Bertz CT molecular complexity index is 977. The van der Waals surface area contributed by atoms with Gasteiger partial charge in [-0.25, -0.2) is 4.98 Å². The number of carbonyl (C=O) groups excluding carboxylic acids is 1. The van der Waals surface area contributed by atoms with E-state index in [1.165, 1.54) is 12.1 Å². The van der Waals surface area contributed by atoms with Crippen LogP contribution >= 0.6 is 11.3 Å². The predicted molar refractivity (Wildman–Crippen MR) is 84.0 cm³/mol. The SMILES string of the molecule is O=C(Nc1ccccc1C(F)(F)F)c1nc2cc(C(F)(F)F)ccc2s1. The smallest absolute Gasteiger partial charge is 0.319 e. The van der Waals surface area contributed by atoms with Crippen molar-refractivity contribution in [3.8, 4) is 0 Å². The van der Waals surface area contributed by atoms with Crippen molar-refractivity contribution in [1.29, 1.82) is 0 Å². The highest BCUT2D eigenvalue weighted by atomic mass is 32.1. The molecule has 136 valence electrons. The average molecular weight is 390 g/mol. The number of anilines is 1. The van der Waals surface area contributed by atoms with Crippen LogP contribution in [0.3, 0.4) is 0 Å². The fourth-order valence-electron chi connectivity index (χ4n) is 2.22. The van der Waals surface area contributed by atoms with Gasteiger partial charge in [0, 0.05) is 0 Å². The molecule has 2 aromatic carbocycles. The van der Waals surface area contributed by atoms with Crippen molar-refractivity contribution in [2.24, 2.45) is 0 Å². The number of aromatic nitrogens is 1. The van der Waals surface area contributed by atoms with E-state index in [-0.39, 0.29) is 10.5 Å². The van der Waals surface area contributed by atoms with Crippen LogP contribution in [-0.4, -0.2) is 10.9 Å². The van der Waals surface area contributed by atoms with E-state index in [9.17, 15) is 31.1 Å². The van der Waals surface area contributed by atoms with Crippen LogP contribution in [0, 0.1) is 0 Å². The summed E-state index contributed by atoms with van der Waals surface area (Å²) in [6.07, 6.45) is -9.23. The van der Waals surface area contributed by atoms with E-state index in [0.29, 0.717) is 4.70 Å². The molecule has 0 bridgehead atoms. The Balaban J connectivity index is 1.92. The zero-order valence-corrected chi connectivity index (χ0v) is 13.4. The highest BCUT2D eigenvalue weighted by molar-refractivity contribution is 7.20. The number of carbonyl (C=O) groups is 1. The van der Waals surface area contributed by atoms with Gasteiger partial charge in [-0.15, -0.1) is 11.3 Å². The third-order valence-electron chi connectivity index (χ3n) is 3.39. The number of fused-ring (bicyclic) bond motifs is 1. The van der Waals surface area contributed by atoms with Crippen molar-refractivity contribution in [3.63, 3.8) is 0 Å². The highest BCUT2D eigenvalue weighted by Crippen LogP contribution is 2.36. The quantitative estimate of drug-likeness (QED) is 0.580. The zero-order chi connectivity index (χ0) is 19.1. The third kappa shape index (κ3) is 3.64. The maximum Gasteiger partial charge on any atom is 0.418 e. The van der Waals surface area contributed by atoms with Gasteiger partial charge in [0.2, 0.25) is 0 Å². The van der Waals surface area contributed by atoms with E-state index in [1.54, 1.807) is 0 Å². The van der Waals surface area contributed by atoms with Crippen molar-refractivity contribution in [3.05, 3.63) is 58.6 Å². The fourth-order valence-corrected chi connectivity index (χ4v) is 3.06. The molecule has 0 fully saturated rings. The van der Waals surface area contributed by atoms with Crippen molar-refractivity contribution in [2.45, 2.75) is 12.4 Å². The van der Waals surface area contributed by atoms with Crippen LogP contribution in [0.5, 0.6) is 0 Å². The van der Waals surface area contributed by atoms with Crippen LogP contribution in [0.15, 0.2) is 42.5 Å². The number of thiazole rings is 1. The molecule has 0 saturated carbocycles. The molecule has 0 aliphatic carbocycles. The Morgan fingerprint density at radius 1 is 0.962 bits per heavy atom. The molecule has 0 radical (unpaired) electrons. The number of nitrogens with zero attached hydrogens (tertiary/aromatic N) is 1. The van der Waals surface area contributed by atoms with Crippen LogP contribution in [0.1, 0.15) is 20.9 Å². The van der Waals surface area contributed by atoms with Crippen molar-refractivity contribution >= 4 is 33.1 Å². The molecule has 1 amide bonds. The molecule has 0 aliphatic heterocycles. The lowest BCUT2D eigenvalue weighted by Gasteiger charge is -2.12. The number of hydrogen-bond acceptors (Lipinski definition) is 3. The molecule has 3 nitrogen and oxygen atoms in total. The normalized spacial score (nSPS) is 12.4. The summed E-state index contributed by atoms with van der Waals surface area (Å²) in [5, 5.41) is 1.87. The zero-order valence-electron chi connectivity index (χ0n) is 12.6. The first-order valence-electron chi connectivity index (χ1n) is 7.01. The van der Waals surface area contributed by atoms with Crippen molar-refractivity contribution < 1.29 is 31.1 Å². The second-order valence-corrected chi connectivity index (χ2v) is 6.23. The molecule has 0 aliphatic rings. The van der Waals surface area contributed by atoms with Gasteiger partial charge in [-0.3, -0.25) is 4.79 Å². The van der Waals surface area contributed by atoms with Gasteiger partial charge in [0.1, 0.15) is 0 Å². The average Bonchev–Trinajstić information content (AvgIpc) is 2.96. The van der Waals surface area contributed by atoms with Gasteiger partial charge in [0.05, 0.1) is 27.0 Å². The highest BCUT2D eigenvalue weighted by Gasteiger charge is 2.34. The Morgan fingerprint density at radius 2 is 1.65 bits per heavy atom. The lowest BCUT2D eigenvalue weighted by molar-refractivity contribution is -0.138. The van der Waals surface area contributed by atoms with E-state index in [2.05, 4.69) is 10.3 Å². The standard InChI is InChI=1S/C16H8F6N2OS/c17-15(18,19)8-5-6-12-11(7-8)24-14(26-12)13(25)23-10-4-2-1-3-9(10)16(20,21)22/h1-7H,(H,23,25). The molecule has 0 atom stereocenters. The largest absolute Gasteiger partial charge is 0.418 e. The number of para-hydroxylation sites is 1. The van der Waals surface area contributed by atoms with E-state index in [4.69, 9.17) is 0 Å². The van der Waals surface area contributed by atoms with Gasteiger partial charge in [-0.1, -0.05) is 12.1 Å². The molecule has 3 aromatic rings. The van der Waals surface area contributed by atoms with Gasteiger partial charge in [0.15, 0.2) is 5.01 Å². The van der Waals surface area contributed by atoms with E-state index in [0.717, 1.165) is 41.7 Å². The molecule has 10 heteroatoms. The molecular formula is C16H8F6N2OS. The number of amides is 1. The minimum Gasteiger partial charge on any atom is -0.319 e. The maximum atomic E-state index is 13.0. The molecule has 3 rings (SSSR count). The number of alkyl halides is 6. The minimum atomic E-state index is -4.67. The molecule has 0 spiro atoms. The van der Waals surface area contributed by atoms with Crippen molar-refractivity contribution in [2.75, 3.05) is 5.32 Å². The second kappa shape index (κ2) is 6.27. The summed E-state index contributed by atoms with van der Waals surface area (Å²) in [5.41, 5.74) is -2.47. The molecular weight excluding hydrogens is 382 g/mol. The van der Waals surface area contributed by atoms with Gasteiger partial charge >= 0.3 is 12.4 Å². The van der Waals surface area contributed by atoms with E-state index < -0.39 is 35.1 Å². The van der Waals surface area contributed by atoms with E-state index in [1.807, 2.05) is 0 Å². The number of nitrogens with one attached hydrogen (secondary N) is 1. The number of halogens is 6. The van der Waals surface area contributed by atoms with Crippen LogP contribution in [-0.2, 0) is 12.4 Å². The molecule has 1 aromatic heterocycles. The third-order valence-corrected chi connectivity index (χ3v) is 4.42. The fraction of sp³-hybridized carbons (Fsp3) is 0.125. The Kier molecular flexibility index (Phi) is 4.39. The molecule has 26 heavy (non-hydrogen) atoms. The lowest BCUT2D eigenvalue weighted by atomic mass is 10.1. The number of hydrogen-bond donors (Lipinski definition) is 1. The second-order valence-electron chi connectivity index (χ2n) is 5.20. The van der Waals surface area contributed by atoms with Crippen LogP contribution < -0.4 is 5.32 Å². The Hall–Kier alpha value is -2.62. The predicted octanol–water partition coefficient (Wildman–Crippen LogP) is 5.59. The molecule has 0 unspecified atom stereocenters. The van der Waals surface area contributed by atoms with Gasteiger partial charge in [-0.2, -0.15) is 26.3 Å². The molecule has 1 N–H and O–H groups in total. The minimum absolute atomic E-state index is 0.0564. The summed E-state index contributed by atoms with van der Waals surface area (Å²) in [4.78, 5) is 16.0. The van der Waals surface area contributed by atoms with Crippen molar-refractivity contribution in [1.82, 2.24) is 4.98 Å². The summed E-state index contributed by atoms with van der Waals surface area (Å²) in [6, 6.07) is 7.18. The first kappa shape index (κ1) is 18.2. The monoisotopic (exact) mass is 390 g/mol. The summed E-state index contributed by atoms with van der Waals surface area (Å²) in [5.74, 6) is -0.934. The molecule has 1 heterocycles. The Morgan fingerprint density at radius 3 is 2.31 bits per heavy atom. The maximum absolute atomic E-state index is 13.0. The number of benzene rings is 2. The van der Waals surface area contributed by atoms with Crippen LogP contribution in [0.2, 0.25) is 0 Å². The summed E-state index contributed by atoms with van der Waals surface area (Å²) >= 11 is 0.786. The van der Waals surface area contributed by atoms with E-state index >= 15 is 0 Å². The van der Waals surface area contributed by atoms with Gasteiger partial charge in [-0.05, 0) is 30.3 Å². The lowest BCUT2D eigenvalue weighted by Crippen LogP contribution is -2.16. The Labute approximate surface area is 146 Å². The number of rotatable bonds is 2. The molecule has 0 saturated heterocycles.